The second kappa shape index (κ2) is 7.00. The number of rotatable bonds is 5. The van der Waals surface area contributed by atoms with Gasteiger partial charge in [-0.15, -0.1) is 0 Å². The van der Waals surface area contributed by atoms with Crippen LogP contribution in [-0.4, -0.2) is 11.0 Å². The lowest BCUT2D eigenvalue weighted by Gasteiger charge is -2.13. The van der Waals surface area contributed by atoms with Crippen LogP contribution in [0.3, 0.4) is 0 Å². The van der Waals surface area contributed by atoms with Crippen molar-refractivity contribution in [3.63, 3.8) is 0 Å². The fraction of sp³-hybridized carbons (Fsp3) is 0.312. The van der Waals surface area contributed by atoms with Gasteiger partial charge in [-0.2, -0.15) is 0 Å². The molecule has 0 amide bonds. The van der Waals surface area contributed by atoms with Gasteiger partial charge >= 0.3 is 0 Å². The molecule has 1 heterocycles. The van der Waals surface area contributed by atoms with Gasteiger partial charge in [0.05, 0.1) is 10.2 Å². The zero-order valence-corrected chi connectivity index (χ0v) is 13.7. The largest absolute Gasteiger partial charge is 0.487 e. The normalized spacial score (nSPS) is 12.2. The topological polar surface area (TPSA) is 48.1 Å². The fourth-order valence-electron chi connectivity index (χ4n) is 1.97. The van der Waals surface area contributed by atoms with Crippen LogP contribution in [0.15, 0.2) is 34.8 Å². The molecule has 0 aliphatic heterocycles. The van der Waals surface area contributed by atoms with Crippen molar-refractivity contribution in [1.29, 1.82) is 0 Å². The van der Waals surface area contributed by atoms with Crippen LogP contribution in [0.4, 0.5) is 4.39 Å². The minimum atomic E-state index is -0.284. The Labute approximate surface area is 132 Å². The summed E-state index contributed by atoms with van der Waals surface area (Å²) in [5.41, 5.74) is 8.51. The van der Waals surface area contributed by atoms with Gasteiger partial charge in [0, 0.05) is 18.2 Å². The van der Waals surface area contributed by atoms with Gasteiger partial charge in [-0.3, -0.25) is 4.98 Å². The van der Waals surface area contributed by atoms with Gasteiger partial charge in [-0.25, -0.2) is 4.39 Å². The van der Waals surface area contributed by atoms with Gasteiger partial charge in [0.15, 0.2) is 0 Å². The Morgan fingerprint density at radius 3 is 2.76 bits per heavy atom. The van der Waals surface area contributed by atoms with E-state index in [1.165, 1.54) is 6.07 Å². The van der Waals surface area contributed by atoms with Crippen molar-refractivity contribution in [3.05, 3.63) is 57.6 Å². The molecule has 0 fully saturated rings. The van der Waals surface area contributed by atoms with Crippen molar-refractivity contribution >= 4 is 15.9 Å². The van der Waals surface area contributed by atoms with Crippen LogP contribution < -0.4 is 10.5 Å². The first-order valence-electron chi connectivity index (χ1n) is 6.74. The summed E-state index contributed by atoms with van der Waals surface area (Å²) in [5, 5.41) is 0. The smallest absolute Gasteiger partial charge is 0.141 e. The van der Waals surface area contributed by atoms with Gasteiger partial charge in [-0.1, -0.05) is 6.07 Å². The predicted molar refractivity (Wildman–Crippen MR) is 84.8 cm³/mol. The Balaban J connectivity index is 2.13. The highest BCUT2D eigenvalue weighted by Crippen LogP contribution is 2.22. The number of nitrogens with zero attached hydrogens (tertiary/aromatic N) is 1. The molecule has 1 aromatic carbocycles. The minimum absolute atomic E-state index is 0.0154. The van der Waals surface area contributed by atoms with E-state index in [9.17, 15) is 4.39 Å². The van der Waals surface area contributed by atoms with E-state index in [1.807, 2.05) is 26.0 Å². The van der Waals surface area contributed by atoms with Crippen molar-refractivity contribution in [1.82, 2.24) is 4.98 Å². The van der Waals surface area contributed by atoms with Gasteiger partial charge in [0.2, 0.25) is 0 Å². The van der Waals surface area contributed by atoms with E-state index >= 15 is 0 Å². The van der Waals surface area contributed by atoms with Crippen LogP contribution in [0.25, 0.3) is 0 Å². The van der Waals surface area contributed by atoms with Crippen LogP contribution in [0.5, 0.6) is 5.75 Å². The molecule has 0 bridgehead atoms. The van der Waals surface area contributed by atoms with Gasteiger partial charge in [-0.05, 0) is 59.6 Å². The highest BCUT2D eigenvalue weighted by molar-refractivity contribution is 9.10. The average molecular weight is 353 g/mol. The zero-order chi connectivity index (χ0) is 15.4. The van der Waals surface area contributed by atoms with Crippen LogP contribution in [-0.2, 0) is 13.0 Å². The predicted octanol–water partition coefficient (Wildman–Crippen LogP) is 3.76. The molecule has 2 rings (SSSR count). The molecule has 2 N–H and O–H groups in total. The molecule has 2 aromatic rings. The standard InChI is InChI=1S/C16H18BrFN2O/c1-10(19)7-15-16(6-3-11(2)20-15)21-9-12-4-5-14(18)13(17)8-12/h3-6,8,10H,7,9,19H2,1-2H3. The molecule has 1 aromatic heterocycles. The first-order chi connectivity index (χ1) is 9.95. The quantitative estimate of drug-likeness (QED) is 0.890. The Morgan fingerprint density at radius 2 is 2.10 bits per heavy atom. The van der Waals surface area contributed by atoms with E-state index in [2.05, 4.69) is 20.9 Å². The first kappa shape index (κ1) is 15.9. The second-order valence-electron chi connectivity index (χ2n) is 5.12. The fourth-order valence-corrected chi connectivity index (χ4v) is 2.40. The average Bonchev–Trinajstić information content (AvgIpc) is 2.41. The number of aromatic nitrogens is 1. The lowest BCUT2D eigenvalue weighted by atomic mass is 10.1. The summed E-state index contributed by atoms with van der Waals surface area (Å²) in [6, 6.07) is 8.65. The maximum Gasteiger partial charge on any atom is 0.141 e. The third-order valence-corrected chi connectivity index (χ3v) is 3.57. The molecule has 5 heteroatoms. The molecule has 0 aliphatic rings. The van der Waals surface area contributed by atoms with E-state index in [0.29, 0.717) is 17.5 Å². The second-order valence-corrected chi connectivity index (χ2v) is 5.97. The zero-order valence-electron chi connectivity index (χ0n) is 12.1. The lowest BCUT2D eigenvalue weighted by molar-refractivity contribution is 0.300. The number of hydrogen-bond acceptors (Lipinski definition) is 3. The number of halogens is 2. The van der Waals surface area contributed by atoms with Crippen molar-refractivity contribution < 1.29 is 9.13 Å². The number of benzene rings is 1. The number of aryl methyl sites for hydroxylation is 1. The van der Waals surface area contributed by atoms with Crippen LogP contribution >= 0.6 is 15.9 Å². The minimum Gasteiger partial charge on any atom is -0.487 e. The third-order valence-electron chi connectivity index (χ3n) is 2.97. The van der Waals surface area contributed by atoms with Crippen LogP contribution in [0, 0.1) is 12.7 Å². The molecule has 0 saturated heterocycles. The van der Waals surface area contributed by atoms with E-state index in [-0.39, 0.29) is 11.9 Å². The summed E-state index contributed by atoms with van der Waals surface area (Å²) in [4.78, 5) is 4.48. The van der Waals surface area contributed by atoms with E-state index in [1.54, 1.807) is 12.1 Å². The molecule has 0 spiro atoms. The first-order valence-corrected chi connectivity index (χ1v) is 7.54. The molecule has 0 saturated carbocycles. The van der Waals surface area contributed by atoms with Gasteiger partial charge in [0.25, 0.3) is 0 Å². The summed E-state index contributed by atoms with van der Waals surface area (Å²) < 4.78 is 19.4. The SMILES string of the molecule is Cc1ccc(OCc2ccc(F)c(Br)c2)c(CC(C)N)n1. The summed E-state index contributed by atoms with van der Waals surface area (Å²) in [5.74, 6) is 0.437. The molecule has 1 unspecified atom stereocenters. The highest BCUT2D eigenvalue weighted by Gasteiger charge is 2.09. The highest BCUT2D eigenvalue weighted by atomic mass is 79.9. The van der Waals surface area contributed by atoms with E-state index in [4.69, 9.17) is 10.5 Å². The summed E-state index contributed by atoms with van der Waals surface area (Å²) >= 11 is 3.17. The molecule has 0 aliphatic carbocycles. The number of pyridine rings is 1. The maximum absolute atomic E-state index is 13.2. The van der Waals surface area contributed by atoms with Crippen molar-refractivity contribution in [2.24, 2.45) is 5.73 Å². The van der Waals surface area contributed by atoms with Crippen LogP contribution in [0.2, 0.25) is 0 Å². The van der Waals surface area contributed by atoms with Gasteiger partial charge in [0.1, 0.15) is 18.2 Å². The summed E-state index contributed by atoms with van der Waals surface area (Å²) in [6.45, 7) is 4.23. The van der Waals surface area contributed by atoms with Crippen molar-refractivity contribution in [2.75, 3.05) is 0 Å². The van der Waals surface area contributed by atoms with E-state index in [0.717, 1.165) is 22.7 Å². The van der Waals surface area contributed by atoms with Crippen molar-refractivity contribution in [3.8, 4) is 5.75 Å². The lowest BCUT2D eigenvalue weighted by Crippen LogP contribution is -2.19. The summed E-state index contributed by atoms with van der Waals surface area (Å²) in [6.07, 6.45) is 0.657. The maximum atomic E-state index is 13.2. The Hall–Kier alpha value is -1.46. The molecule has 0 radical (unpaired) electrons. The van der Waals surface area contributed by atoms with Crippen molar-refractivity contribution in [2.45, 2.75) is 32.9 Å². The number of hydrogen-bond donors (Lipinski definition) is 1. The summed E-state index contributed by atoms with van der Waals surface area (Å²) in [7, 11) is 0. The van der Waals surface area contributed by atoms with Gasteiger partial charge < -0.3 is 10.5 Å². The molecular formula is C16H18BrFN2O. The monoisotopic (exact) mass is 352 g/mol. The molecule has 112 valence electrons. The molecule has 3 nitrogen and oxygen atoms in total. The van der Waals surface area contributed by atoms with Crippen LogP contribution in [0.1, 0.15) is 23.9 Å². The molecule has 1 atom stereocenters. The molecular weight excluding hydrogens is 335 g/mol. The third kappa shape index (κ3) is 4.51. The Morgan fingerprint density at radius 1 is 1.33 bits per heavy atom. The Bertz CT molecular complexity index is 632. The molecule has 21 heavy (non-hydrogen) atoms. The number of ether oxygens (including phenoxy) is 1. The Kier molecular flexibility index (Phi) is 5.31. The van der Waals surface area contributed by atoms with E-state index < -0.39 is 0 Å². The number of nitrogens with two attached hydrogens (primary N) is 1.